The van der Waals surface area contributed by atoms with Crippen molar-refractivity contribution >= 4 is 5.91 Å². The number of ether oxygens (including phenoxy) is 1. The summed E-state index contributed by atoms with van der Waals surface area (Å²) in [5.41, 5.74) is 0.217. The number of morpholine rings is 1. The number of likely N-dealkylation sites (N-methyl/N-ethyl adjacent to an activating group) is 1. The van der Waals surface area contributed by atoms with Gasteiger partial charge in [0.1, 0.15) is 12.2 Å². The Morgan fingerprint density at radius 1 is 1.50 bits per heavy atom. The highest BCUT2D eigenvalue weighted by Gasteiger charge is 2.39. The minimum atomic E-state index is -2.54. The number of carbonyl (C=O) groups is 1. The molecule has 122 valence electrons. The summed E-state index contributed by atoms with van der Waals surface area (Å²) in [6.45, 7) is 2.08. The fraction of sp³-hybridized carbons (Fsp3) is 0.714. The van der Waals surface area contributed by atoms with Gasteiger partial charge in [-0.25, -0.2) is 8.78 Å². The predicted molar refractivity (Wildman–Crippen MR) is 74.9 cm³/mol. The van der Waals surface area contributed by atoms with Crippen molar-refractivity contribution in [3.63, 3.8) is 0 Å². The van der Waals surface area contributed by atoms with Crippen LogP contribution in [-0.4, -0.2) is 77.3 Å². The van der Waals surface area contributed by atoms with Crippen molar-refractivity contribution in [1.29, 1.82) is 0 Å². The molecule has 0 saturated carbocycles. The molecule has 1 aromatic heterocycles. The lowest BCUT2D eigenvalue weighted by atomic mass is 9.99. The molecule has 0 spiro atoms. The van der Waals surface area contributed by atoms with E-state index in [1.165, 1.54) is 12.3 Å². The summed E-state index contributed by atoms with van der Waals surface area (Å²) in [6, 6.07) is 1.47. The number of hydrogen-bond donors (Lipinski definition) is 0. The molecule has 3 heterocycles. The number of fused-ring (bicyclic) bond motifs is 1. The van der Waals surface area contributed by atoms with Gasteiger partial charge in [-0.05, 0) is 19.5 Å². The topological polar surface area (TPSA) is 50.6 Å². The van der Waals surface area contributed by atoms with Crippen molar-refractivity contribution < 1.29 is 18.3 Å². The monoisotopic (exact) mass is 314 g/mol. The standard InChI is InChI=1S/C14H20F2N4O2/c1-18-5-3-12-11(8-18)19(6-7-22-12)14(21)10-2-4-17-20(10)9-13(15)16/h2,4,11-13H,3,5-9H2,1H3. The molecule has 0 radical (unpaired) electrons. The van der Waals surface area contributed by atoms with Crippen LogP contribution in [-0.2, 0) is 11.3 Å². The highest BCUT2D eigenvalue weighted by molar-refractivity contribution is 5.93. The lowest BCUT2D eigenvalue weighted by Gasteiger charge is -2.46. The van der Waals surface area contributed by atoms with Gasteiger partial charge in [-0.15, -0.1) is 0 Å². The highest BCUT2D eigenvalue weighted by atomic mass is 19.3. The van der Waals surface area contributed by atoms with E-state index in [9.17, 15) is 13.6 Å². The molecular weight excluding hydrogens is 294 g/mol. The van der Waals surface area contributed by atoms with Gasteiger partial charge in [-0.3, -0.25) is 9.48 Å². The molecule has 2 fully saturated rings. The summed E-state index contributed by atoms with van der Waals surface area (Å²) in [5, 5.41) is 3.84. The second-order valence-corrected chi connectivity index (χ2v) is 5.82. The van der Waals surface area contributed by atoms with Crippen LogP contribution in [0.5, 0.6) is 0 Å². The van der Waals surface area contributed by atoms with Crippen molar-refractivity contribution in [2.45, 2.75) is 31.5 Å². The first-order valence-corrected chi connectivity index (χ1v) is 7.47. The van der Waals surface area contributed by atoms with E-state index in [-0.39, 0.29) is 23.7 Å². The third-order valence-corrected chi connectivity index (χ3v) is 4.30. The molecule has 8 heteroatoms. The van der Waals surface area contributed by atoms with Crippen LogP contribution in [0.15, 0.2) is 12.3 Å². The summed E-state index contributed by atoms with van der Waals surface area (Å²) in [5.74, 6) is -0.244. The highest BCUT2D eigenvalue weighted by Crippen LogP contribution is 2.24. The maximum atomic E-state index is 12.8. The Bertz CT molecular complexity index is 537. The molecule has 0 aromatic carbocycles. The average molecular weight is 314 g/mol. The van der Waals surface area contributed by atoms with Crippen LogP contribution >= 0.6 is 0 Å². The van der Waals surface area contributed by atoms with Crippen LogP contribution in [0.3, 0.4) is 0 Å². The summed E-state index contributed by atoms with van der Waals surface area (Å²) in [6.07, 6.45) is -0.244. The molecule has 6 nitrogen and oxygen atoms in total. The molecule has 1 amide bonds. The Morgan fingerprint density at radius 2 is 2.32 bits per heavy atom. The van der Waals surface area contributed by atoms with Crippen molar-refractivity contribution in [2.24, 2.45) is 0 Å². The SMILES string of the molecule is CN1CCC2OCCN(C(=O)c3ccnn3CC(F)F)C2C1. The van der Waals surface area contributed by atoms with Gasteiger partial charge in [-0.2, -0.15) is 5.10 Å². The van der Waals surface area contributed by atoms with Crippen LogP contribution in [0.1, 0.15) is 16.9 Å². The van der Waals surface area contributed by atoms with E-state index in [1.54, 1.807) is 4.90 Å². The fourth-order valence-corrected chi connectivity index (χ4v) is 3.22. The van der Waals surface area contributed by atoms with E-state index in [0.29, 0.717) is 13.2 Å². The van der Waals surface area contributed by atoms with Crippen molar-refractivity contribution in [1.82, 2.24) is 19.6 Å². The normalized spacial score (nSPS) is 26.3. The van der Waals surface area contributed by atoms with Crippen LogP contribution in [0, 0.1) is 0 Å². The molecule has 0 bridgehead atoms. The Labute approximate surface area is 127 Å². The molecule has 0 aliphatic carbocycles. The third-order valence-electron chi connectivity index (χ3n) is 4.30. The average Bonchev–Trinajstić information content (AvgIpc) is 2.93. The number of aromatic nitrogens is 2. The molecule has 3 rings (SSSR count). The number of carbonyl (C=O) groups excluding carboxylic acids is 1. The number of piperidine rings is 1. The summed E-state index contributed by atoms with van der Waals surface area (Å²) in [4.78, 5) is 16.7. The largest absolute Gasteiger partial charge is 0.374 e. The van der Waals surface area contributed by atoms with E-state index < -0.39 is 13.0 Å². The number of halogens is 2. The van der Waals surface area contributed by atoms with Crippen molar-refractivity contribution in [3.05, 3.63) is 18.0 Å². The third kappa shape index (κ3) is 2.98. The lowest BCUT2D eigenvalue weighted by Crippen LogP contribution is -2.61. The number of hydrogen-bond acceptors (Lipinski definition) is 4. The van der Waals surface area contributed by atoms with Crippen LogP contribution in [0.2, 0.25) is 0 Å². The Hall–Kier alpha value is -1.54. The Balaban J connectivity index is 1.80. The summed E-state index contributed by atoms with van der Waals surface area (Å²) >= 11 is 0. The van der Waals surface area contributed by atoms with E-state index in [1.807, 2.05) is 7.05 Å². The molecule has 2 atom stereocenters. The number of rotatable bonds is 3. The minimum absolute atomic E-state index is 0.0281. The van der Waals surface area contributed by atoms with E-state index >= 15 is 0 Å². The Kier molecular flexibility index (Phi) is 4.39. The van der Waals surface area contributed by atoms with Gasteiger partial charge < -0.3 is 14.5 Å². The predicted octanol–water partition coefficient (Wildman–Crippen LogP) is 0.693. The molecular formula is C14H20F2N4O2. The van der Waals surface area contributed by atoms with Gasteiger partial charge >= 0.3 is 0 Å². The molecule has 2 saturated heterocycles. The second kappa shape index (κ2) is 6.29. The van der Waals surface area contributed by atoms with E-state index in [0.717, 1.165) is 24.2 Å². The smallest absolute Gasteiger partial charge is 0.272 e. The second-order valence-electron chi connectivity index (χ2n) is 5.82. The van der Waals surface area contributed by atoms with Crippen molar-refractivity contribution in [3.8, 4) is 0 Å². The Morgan fingerprint density at radius 3 is 3.09 bits per heavy atom. The molecule has 1 aromatic rings. The first kappa shape index (κ1) is 15.4. The van der Waals surface area contributed by atoms with Crippen LogP contribution in [0.25, 0.3) is 0 Å². The zero-order chi connectivity index (χ0) is 15.7. The van der Waals surface area contributed by atoms with Crippen LogP contribution < -0.4 is 0 Å². The molecule has 2 unspecified atom stereocenters. The van der Waals surface area contributed by atoms with Gasteiger partial charge in [0, 0.05) is 25.8 Å². The number of nitrogens with zero attached hydrogens (tertiary/aromatic N) is 4. The van der Waals surface area contributed by atoms with Gasteiger partial charge in [0.15, 0.2) is 0 Å². The molecule has 2 aliphatic heterocycles. The van der Waals surface area contributed by atoms with Gasteiger partial charge in [0.25, 0.3) is 12.3 Å². The minimum Gasteiger partial charge on any atom is -0.374 e. The summed E-state index contributed by atoms with van der Waals surface area (Å²) in [7, 11) is 2.01. The quantitative estimate of drug-likeness (QED) is 0.824. The fourth-order valence-electron chi connectivity index (χ4n) is 3.22. The maximum Gasteiger partial charge on any atom is 0.272 e. The number of likely N-dealkylation sites (tertiary alicyclic amines) is 1. The van der Waals surface area contributed by atoms with Gasteiger partial charge in [0.05, 0.1) is 18.8 Å². The van der Waals surface area contributed by atoms with Gasteiger partial charge in [0.2, 0.25) is 0 Å². The molecule has 0 N–H and O–H groups in total. The number of amides is 1. The zero-order valence-corrected chi connectivity index (χ0v) is 12.5. The van der Waals surface area contributed by atoms with Gasteiger partial charge in [-0.1, -0.05) is 0 Å². The van der Waals surface area contributed by atoms with Crippen molar-refractivity contribution in [2.75, 3.05) is 33.3 Å². The molecule has 2 aliphatic rings. The maximum absolute atomic E-state index is 12.8. The van der Waals surface area contributed by atoms with E-state index in [4.69, 9.17) is 4.74 Å². The number of alkyl halides is 2. The molecule has 22 heavy (non-hydrogen) atoms. The first-order chi connectivity index (χ1) is 10.6. The first-order valence-electron chi connectivity index (χ1n) is 7.47. The zero-order valence-electron chi connectivity index (χ0n) is 12.5. The van der Waals surface area contributed by atoms with Crippen LogP contribution in [0.4, 0.5) is 8.78 Å². The lowest BCUT2D eigenvalue weighted by molar-refractivity contribution is -0.0872. The summed E-state index contributed by atoms with van der Waals surface area (Å²) < 4.78 is 32.0. The van der Waals surface area contributed by atoms with E-state index in [2.05, 4.69) is 10.00 Å².